The molecule has 0 saturated carbocycles. The summed E-state index contributed by atoms with van der Waals surface area (Å²) in [4.78, 5) is 25.8. The lowest BCUT2D eigenvalue weighted by Gasteiger charge is -2.15. The third kappa shape index (κ3) is 5.31. The molecule has 0 bridgehead atoms. The predicted molar refractivity (Wildman–Crippen MR) is 105 cm³/mol. The molecule has 1 atom stereocenters. The molecule has 0 aromatic heterocycles. The summed E-state index contributed by atoms with van der Waals surface area (Å²) in [6.07, 6.45) is 2.43. The van der Waals surface area contributed by atoms with Gasteiger partial charge in [-0.2, -0.15) is 5.10 Å². The summed E-state index contributed by atoms with van der Waals surface area (Å²) in [5.41, 5.74) is 3.83. The molecule has 2 heterocycles. The molecule has 152 valence electrons. The Kier molecular flexibility index (Phi) is 6.33. The number of carbonyl (C=O) groups excluding carboxylic acids is 2. The Morgan fingerprint density at radius 1 is 1.21 bits per heavy atom. The molecular formula is C19H25N3O5S. The van der Waals surface area contributed by atoms with Gasteiger partial charge in [0.25, 0.3) is 5.91 Å². The fourth-order valence-electron chi connectivity index (χ4n) is 3.29. The largest absolute Gasteiger partial charge is 0.484 e. The van der Waals surface area contributed by atoms with Gasteiger partial charge in [0.05, 0.1) is 23.1 Å². The summed E-state index contributed by atoms with van der Waals surface area (Å²) in [6, 6.07) is 7.08. The lowest BCUT2D eigenvalue weighted by Crippen LogP contribution is -2.32. The highest BCUT2D eigenvalue weighted by Crippen LogP contribution is 2.18. The van der Waals surface area contributed by atoms with Crippen molar-refractivity contribution in [3.8, 4) is 5.75 Å². The van der Waals surface area contributed by atoms with Crippen LogP contribution in [-0.2, 0) is 19.4 Å². The fraction of sp³-hybridized carbons (Fsp3) is 0.526. The van der Waals surface area contributed by atoms with Gasteiger partial charge in [-0.15, -0.1) is 0 Å². The Balaban J connectivity index is 1.50. The van der Waals surface area contributed by atoms with Crippen LogP contribution < -0.4 is 10.2 Å². The summed E-state index contributed by atoms with van der Waals surface area (Å²) < 4.78 is 28.5. The van der Waals surface area contributed by atoms with Crippen LogP contribution in [0.1, 0.15) is 31.7 Å². The minimum atomic E-state index is -3.10. The summed E-state index contributed by atoms with van der Waals surface area (Å²) in [5, 5.41) is 4.06. The molecule has 2 amide bonds. The summed E-state index contributed by atoms with van der Waals surface area (Å²) in [7, 11) is -3.10. The van der Waals surface area contributed by atoms with Crippen molar-refractivity contribution < 1.29 is 22.7 Å². The number of sulfone groups is 1. The van der Waals surface area contributed by atoms with Crippen molar-refractivity contribution >= 4 is 27.4 Å². The van der Waals surface area contributed by atoms with Crippen LogP contribution >= 0.6 is 0 Å². The average Bonchev–Trinajstić information content (AvgIpc) is 3.34. The molecule has 3 rings (SSSR count). The molecule has 1 aromatic carbocycles. The van der Waals surface area contributed by atoms with E-state index >= 15 is 0 Å². The average molecular weight is 407 g/mol. The molecule has 2 aliphatic rings. The van der Waals surface area contributed by atoms with Crippen LogP contribution in [0.4, 0.5) is 0 Å². The van der Waals surface area contributed by atoms with E-state index in [1.54, 1.807) is 31.2 Å². The van der Waals surface area contributed by atoms with Crippen LogP contribution in [0.25, 0.3) is 0 Å². The third-order valence-electron chi connectivity index (χ3n) is 5.03. The first-order valence-corrected chi connectivity index (χ1v) is 11.2. The van der Waals surface area contributed by atoms with Crippen LogP contribution in [0.15, 0.2) is 29.4 Å². The molecule has 8 nitrogen and oxygen atoms in total. The van der Waals surface area contributed by atoms with Crippen molar-refractivity contribution in [3.63, 3.8) is 0 Å². The van der Waals surface area contributed by atoms with E-state index in [0.29, 0.717) is 17.9 Å². The maximum atomic E-state index is 12.0. The molecule has 2 saturated heterocycles. The molecule has 0 radical (unpaired) electrons. The van der Waals surface area contributed by atoms with Crippen LogP contribution in [0.2, 0.25) is 0 Å². The summed E-state index contributed by atoms with van der Waals surface area (Å²) in [6.45, 7) is 3.37. The number of carbonyl (C=O) groups is 2. The van der Waals surface area contributed by atoms with Gasteiger partial charge in [0.15, 0.2) is 16.4 Å². The molecule has 0 unspecified atom stereocenters. The van der Waals surface area contributed by atoms with Gasteiger partial charge in [-0.3, -0.25) is 9.59 Å². The van der Waals surface area contributed by atoms with Crippen molar-refractivity contribution in [2.45, 2.75) is 26.2 Å². The first kappa shape index (κ1) is 20.3. The smallest absolute Gasteiger partial charge is 0.260 e. The van der Waals surface area contributed by atoms with E-state index in [0.717, 1.165) is 31.5 Å². The summed E-state index contributed by atoms with van der Waals surface area (Å²) >= 11 is 0. The number of hydrogen-bond donors (Lipinski definition) is 1. The van der Waals surface area contributed by atoms with Crippen molar-refractivity contribution in [2.24, 2.45) is 11.0 Å². The number of rotatable bonds is 6. The van der Waals surface area contributed by atoms with Crippen molar-refractivity contribution in [1.29, 1.82) is 0 Å². The normalized spacial score (nSPS) is 21.5. The molecule has 28 heavy (non-hydrogen) atoms. The highest BCUT2D eigenvalue weighted by Gasteiger charge is 2.32. The Bertz CT molecular complexity index is 858. The van der Waals surface area contributed by atoms with Crippen molar-refractivity contribution in [3.05, 3.63) is 29.8 Å². The maximum Gasteiger partial charge on any atom is 0.260 e. The highest BCUT2D eigenvalue weighted by atomic mass is 32.2. The second kappa shape index (κ2) is 8.72. The van der Waals surface area contributed by atoms with Gasteiger partial charge in [-0.1, -0.05) is 0 Å². The van der Waals surface area contributed by atoms with Crippen LogP contribution in [0.5, 0.6) is 5.75 Å². The van der Waals surface area contributed by atoms with E-state index in [2.05, 4.69) is 10.5 Å². The van der Waals surface area contributed by atoms with E-state index in [9.17, 15) is 18.0 Å². The minimum Gasteiger partial charge on any atom is -0.484 e. The van der Waals surface area contributed by atoms with E-state index < -0.39 is 15.8 Å². The Labute approximate surface area is 164 Å². The van der Waals surface area contributed by atoms with Crippen molar-refractivity contribution in [1.82, 2.24) is 10.3 Å². The number of likely N-dealkylation sites (tertiary alicyclic amines) is 1. The maximum absolute atomic E-state index is 12.0. The Hall–Kier alpha value is -2.42. The third-order valence-corrected chi connectivity index (χ3v) is 6.80. The van der Waals surface area contributed by atoms with Crippen LogP contribution in [0.3, 0.4) is 0 Å². The number of hydrogen-bond acceptors (Lipinski definition) is 6. The van der Waals surface area contributed by atoms with Gasteiger partial charge < -0.3 is 9.64 Å². The Morgan fingerprint density at radius 3 is 2.50 bits per heavy atom. The highest BCUT2D eigenvalue weighted by molar-refractivity contribution is 7.91. The zero-order valence-electron chi connectivity index (χ0n) is 15.9. The van der Waals surface area contributed by atoms with Gasteiger partial charge in [0.2, 0.25) is 5.91 Å². The monoisotopic (exact) mass is 407 g/mol. The van der Waals surface area contributed by atoms with Gasteiger partial charge in [-0.25, -0.2) is 13.8 Å². The standard InChI is InChI=1S/C19H25N3O5S/c1-14(20-21-19(24)16-8-11-28(25,26)13-16)15-4-6-17(7-5-15)27-12-18(23)22-9-2-3-10-22/h4-7,16H,2-3,8-13H2,1H3,(H,21,24)/b20-14-/t16-/m0/s1. The molecule has 9 heteroatoms. The molecule has 2 aliphatic heterocycles. The van der Waals surface area contributed by atoms with E-state index in [1.807, 2.05) is 4.90 Å². The second-order valence-corrected chi connectivity index (χ2v) is 9.40. The summed E-state index contributed by atoms with van der Waals surface area (Å²) in [5.74, 6) is -0.392. The lowest BCUT2D eigenvalue weighted by atomic mass is 10.1. The first-order valence-electron chi connectivity index (χ1n) is 9.40. The van der Waals surface area contributed by atoms with Gasteiger partial charge >= 0.3 is 0 Å². The number of nitrogens with one attached hydrogen (secondary N) is 1. The molecule has 1 N–H and O–H groups in total. The minimum absolute atomic E-state index is 0.00374. The number of hydrazone groups is 1. The van der Waals surface area contributed by atoms with E-state index in [4.69, 9.17) is 4.74 Å². The predicted octanol–water partition coefficient (Wildman–Crippen LogP) is 0.963. The molecular weight excluding hydrogens is 382 g/mol. The topological polar surface area (TPSA) is 105 Å². The molecule has 0 aliphatic carbocycles. The van der Waals surface area contributed by atoms with Crippen molar-refractivity contribution in [2.75, 3.05) is 31.2 Å². The quantitative estimate of drug-likeness (QED) is 0.559. The number of ether oxygens (including phenoxy) is 1. The lowest BCUT2D eigenvalue weighted by molar-refractivity contribution is -0.132. The van der Waals surface area contributed by atoms with Gasteiger partial charge in [0, 0.05) is 13.1 Å². The Morgan fingerprint density at radius 2 is 1.89 bits per heavy atom. The van der Waals surface area contributed by atoms with Gasteiger partial charge in [0.1, 0.15) is 5.75 Å². The van der Waals surface area contributed by atoms with E-state index in [1.165, 1.54) is 0 Å². The van der Waals surface area contributed by atoms with E-state index in [-0.39, 0.29) is 29.9 Å². The molecule has 1 aromatic rings. The number of benzene rings is 1. The fourth-order valence-corrected chi connectivity index (χ4v) is 5.03. The van der Waals surface area contributed by atoms with Crippen LogP contribution in [0, 0.1) is 5.92 Å². The molecule has 2 fully saturated rings. The van der Waals surface area contributed by atoms with Gasteiger partial charge in [-0.05, 0) is 56.0 Å². The second-order valence-electron chi connectivity index (χ2n) is 7.17. The number of amides is 2. The first-order chi connectivity index (χ1) is 13.3. The zero-order chi connectivity index (χ0) is 20.1. The zero-order valence-corrected chi connectivity index (χ0v) is 16.7. The molecule has 0 spiro atoms. The number of nitrogens with zero attached hydrogens (tertiary/aromatic N) is 2. The van der Waals surface area contributed by atoms with Crippen LogP contribution in [-0.4, -0.2) is 62.0 Å². The SMILES string of the molecule is C/C(=N/NC(=O)[C@H]1CCS(=O)(=O)C1)c1ccc(OCC(=O)N2CCCC2)cc1.